The highest BCUT2D eigenvalue weighted by atomic mass is 16.3. The van der Waals surface area contributed by atoms with E-state index in [1.807, 2.05) is 7.05 Å². The zero-order valence-electron chi connectivity index (χ0n) is 11.4. The van der Waals surface area contributed by atoms with Gasteiger partial charge in [-0.15, -0.1) is 0 Å². The first kappa shape index (κ1) is 13.9. The van der Waals surface area contributed by atoms with Crippen molar-refractivity contribution in [2.75, 3.05) is 46.9 Å². The molecule has 0 spiro atoms. The smallest absolute Gasteiger partial charge is 0.0623 e. The van der Waals surface area contributed by atoms with Crippen LogP contribution in [0.25, 0.3) is 0 Å². The molecule has 0 radical (unpaired) electrons. The summed E-state index contributed by atoms with van der Waals surface area (Å²) in [4.78, 5) is 4.84. The third kappa shape index (κ3) is 3.17. The quantitative estimate of drug-likeness (QED) is 0.711. The van der Waals surface area contributed by atoms with Crippen molar-refractivity contribution in [1.29, 1.82) is 0 Å². The van der Waals surface area contributed by atoms with Gasteiger partial charge in [0.1, 0.15) is 0 Å². The monoisotopic (exact) mass is 229 g/mol. The van der Waals surface area contributed by atoms with E-state index in [-0.39, 0.29) is 17.7 Å². The first-order valence-electron chi connectivity index (χ1n) is 6.06. The van der Waals surface area contributed by atoms with Crippen LogP contribution in [0, 0.1) is 0 Å². The topological polar surface area (TPSA) is 38.7 Å². The molecule has 1 saturated heterocycles. The summed E-state index contributed by atoms with van der Waals surface area (Å²) in [6, 6.07) is 0. The van der Waals surface area contributed by atoms with Crippen molar-refractivity contribution < 1.29 is 5.11 Å². The zero-order chi connectivity index (χ0) is 12.4. The molecule has 0 amide bonds. The van der Waals surface area contributed by atoms with Crippen LogP contribution in [0.4, 0.5) is 0 Å². The number of aliphatic hydroxyl groups is 1. The molecule has 0 aromatic rings. The highest BCUT2D eigenvalue weighted by Crippen LogP contribution is 2.20. The molecule has 1 aliphatic rings. The van der Waals surface area contributed by atoms with Crippen LogP contribution in [-0.2, 0) is 0 Å². The molecule has 1 atom stereocenters. The average Bonchev–Trinajstić information content (AvgIpc) is 2.23. The van der Waals surface area contributed by atoms with E-state index in [4.69, 9.17) is 0 Å². The van der Waals surface area contributed by atoms with Gasteiger partial charge >= 0.3 is 0 Å². The molecular formula is C12H27N3O. The summed E-state index contributed by atoms with van der Waals surface area (Å²) < 4.78 is 0. The summed E-state index contributed by atoms with van der Waals surface area (Å²) in [5.41, 5.74) is 0.0361. The second kappa shape index (κ2) is 5.00. The van der Waals surface area contributed by atoms with E-state index >= 15 is 0 Å². The summed E-state index contributed by atoms with van der Waals surface area (Å²) >= 11 is 0. The van der Waals surface area contributed by atoms with Gasteiger partial charge in [0.15, 0.2) is 0 Å². The van der Waals surface area contributed by atoms with Crippen LogP contribution in [0.2, 0.25) is 0 Å². The van der Waals surface area contributed by atoms with Gasteiger partial charge in [0.25, 0.3) is 0 Å². The Morgan fingerprint density at radius 3 is 2.44 bits per heavy atom. The molecule has 2 N–H and O–H groups in total. The maximum absolute atomic E-state index is 9.40. The van der Waals surface area contributed by atoms with E-state index in [1.165, 1.54) is 0 Å². The summed E-state index contributed by atoms with van der Waals surface area (Å²) in [5.74, 6) is 0. The molecule has 1 heterocycles. The zero-order valence-corrected chi connectivity index (χ0v) is 11.4. The van der Waals surface area contributed by atoms with E-state index < -0.39 is 0 Å². The fraction of sp³-hybridized carbons (Fsp3) is 1.00. The Balaban J connectivity index is 2.57. The second-order valence-corrected chi connectivity index (χ2v) is 5.91. The normalized spacial score (nSPS) is 26.6. The molecule has 0 bridgehead atoms. The Hall–Kier alpha value is -0.160. The molecule has 16 heavy (non-hydrogen) atoms. The predicted octanol–water partition coefficient (Wildman–Crippen LogP) is -0.0172. The molecular weight excluding hydrogens is 202 g/mol. The lowest BCUT2D eigenvalue weighted by Gasteiger charge is -2.47. The van der Waals surface area contributed by atoms with Crippen molar-refractivity contribution in [2.45, 2.75) is 31.8 Å². The van der Waals surface area contributed by atoms with Gasteiger partial charge in [-0.25, -0.2) is 0 Å². The van der Waals surface area contributed by atoms with Crippen LogP contribution in [0.1, 0.15) is 20.8 Å². The van der Waals surface area contributed by atoms with Gasteiger partial charge < -0.3 is 10.4 Å². The molecule has 4 heteroatoms. The Kier molecular flexibility index (Phi) is 4.35. The fourth-order valence-corrected chi connectivity index (χ4v) is 2.18. The maximum atomic E-state index is 9.40. The third-order valence-corrected chi connectivity index (χ3v) is 3.92. The summed E-state index contributed by atoms with van der Waals surface area (Å²) in [6.07, 6.45) is 0. The molecule has 1 fully saturated rings. The predicted molar refractivity (Wildman–Crippen MR) is 67.7 cm³/mol. The van der Waals surface area contributed by atoms with Gasteiger partial charge in [0.2, 0.25) is 0 Å². The summed E-state index contributed by atoms with van der Waals surface area (Å²) in [5, 5.41) is 12.6. The number of rotatable bonds is 4. The van der Waals surface area contributed by atoms with Crippen molar-refractivity contribution in [1.82, 2.24) is 15.1 Å². The van der Waals surface area contributed by atoms with Gasteiger partial charge in [-0.05, 0) is 34.9 Å². The highest BCUT2D eigenvalue weighted by molar-refractivity contribution is 4.92. The molecule has 96 valence electrons. The van der Waals surface area contributed by atoms with E-state index in [0.717, 1.165) is 26.2 Å². The molecule has 0 aromatic heterocycles. The van der Waals surface area contributed by atoms with Crippen LogP contribution >= 0.6 is 0 Å². The van der Waals surface area contributed by atoms with Crippen LogP contribution < -0.4 is 5.32 Å². The lowest BCUT2D eigenvalue weighted by molar-refractivity contribution is 0.0187. The van der Waals surface area contributed by atoms with E-state index in [0.29, 0.717) is 0 Å². The Morgan fingerprint density at radius 1 is 1.38 bits per heavy atom. The van der Waals surface area contributed by atoms with Gasteiger partial charge in [0, 0.05) is 31.7 Å². The number of hydrogen-bond donors (Lipinski definition) is 2. The van der Waals surface area contributed by atoms with Gasteiger partial charge in [-0.3, -0.25) is 9.80 Å². The number of aliphatic hydroxyl groups excluding tert-OH is 1. The first-order chi connectivity index (χ1) is 7.33. The van der Waals surface area contributed by atoms with Crippen molar-refractivity contribution >= 4 is 0 Å². The molecule has 0 aromatic carbocycles. The van der Waals surface area contributed by atoms with Crippen LogP contribution in [0.15, 0.2) is 0 Å². The molecule has 0 saturated carbocycles. The SMILES string of the molecule is CNC(C)(CO)CN1CCN(C)C(C)(C)C1. The standard InChI is InChI=1S/C12H27N3O/c1-11(2)8-15(7-6-14(11)5)9-12(3,10-16)13-4/h13,16H,6-10H2,1-5H3. The number of nitrogens with zero attached hydrogens (tertiary/aromatic N) is 2. The van der Waals surface area contributed by atoms with Crippen molar-refractivity contribution in [3.63, 3.8) is 0 Å². The minimum atomic E-state index is -0.189. The van der Waals surface area contributed by atoms with Crippen LogP contribution in [0.5, 0.6) is 0 Å². The number of likely N-dealkylation sites (N-methyl/N-ethyl adjacent to an activating group) is 2. The molecule has 1 aliphatic heterocycles. The van der Waals surface area contributed by atoms with Gasteiger partial charge in [-0.1, -0.05) is 0 Å². The second-order valence-electron chi connectivity index (χ2n) is 5.91. The van der Waals surface area contributed by atoms with Crippen molar-refractivity contribution in [3.05, 3.63) is 0 Å². The average molecular weight is 229 g/mol. The lowest BCUT2D eigenvalue weighted by Crippen LogP contribution is -2.62. The maximum Gasteiger partial charge on any atom is 0.0623 e. The highest BCUT2D eigenvalue weighted by Gasteiger charge is 2.34. The number of piperazine rings is 1. The molecule has 4 nitrogen and oxygen atoms in total. The third-order valence-electron chi connectivity index (χ3n) is 3.92. The molecule has 1 unspecified atom stereocenters. The summed E-state index contributed by atoms with van der Waals surface area (Å²) in [7, 11) is 4.10. The lowest BCUT2D eigenvalue weighted by atomic mass is 9.96. The van der Waals surface area contributed by atoms with E-state index in [2.05, 4.69) is 42.9 Å². The van der Waals surface area contributed by atoms with Crippen molar-refractivity contribution in [2.24, 2.45) is 0 Å². The molecule has 1 rings (SSSR count). The minimum Gasteiger partial charge on any atom is -0.394 e. The largest absolute Gasteiger partial charge is 0.394 e. The van der Waals surface area contributed by atoms with Crippen molar-refractivity contribution in [3.8, 4) is 0 Å². The molecule has 0 aliphatic carbocycles. The number of nitrogens with one attached hydrogen (secondary N) is 1. The first-order valence-corrected chi connectivity index (χ1v) is 6.06. The van der Waals surface area contributed by atoms with Gasteiger partial charge in [0.05, 0.1) is 12.1 Å². The summed E-state index contributed by atoms with van der Waals surface area (Å²) in [6.45, 7) is 10.9. The van der Waals surface area contributed by atoms with Gasteiger partial charge in [-0.2, -0.15) is 0 Å². The van der Waals surface area contributed by atoms with Crippen LogP contribution in [-0.4, -0.2) is 72.9 Å². The van der Waals surface area contributed by atoms with Crippen LogP contribution in [0.3, 0.4) is 0 Å². The Bertz CT molecular complexity index is 226. The Labute approximate surface area is 99.6 Å². The Morgan fingerprint density at radius 2 is 2.00 bits per heavy atom. The van der Waals surface area contributed by atoms with E-state index in [1.54, 1.807) is 0 Å². The number of hydrogen-bond acceptors (Lipinski definition) is 4. The van der Waals surface area contributed by atoms with E-state index in [9.17, 15) is 5.11 Å². The minimum absolute atomic E-state index is 0.177. The fourth-order valence-electron chi connectivity index (χ4n) is 2.18.